The van der Waals surface area contributed by atoms with E-state index in [0.29, 0.717) is 11.5 Å². The van der Waals surface area contributed by atoms with Crippen LogP contribution in [-0.2, 0) is 0 Å². The number of primary amides is 1. The van der Waals surface area contributed by atoms with Gasteiger partial charge in [-0.2, -0.15) is 0 Å². The second kappa shape index (κ2) is 4.63. The lowest BCUT2D eigenvalue weighted by molar-refractivity contribution is 0.0995. The molecule has 0 spiro atoms. The molecule has 1 rings (SSSR count). The molecule has 0 aliphatic carbocycles. The van der Waals surface area contributed by atoms with Crippen molar-refractivity contribution in [1.29, 1.82) is 0 Å². The van der Waals surface area contributed by atoms with E-state index in [1.165, 1.54) is 6.07 Å². The number of pyridine rings is 1. The van der Waals surface area contributed by atoms with Crippen molar-refractivity contribution in [1.82, 2.24) is 4.98 Å². The minimum Gasteiger partial charge on any atom is -0.396 e. The zero-order valence-corrected chi connectivity index (χ0v) is 9.03. The molecule has 0 saturated heterocycles. The average molecular weight is 208 g/mol. The van der Waals surface area contributed by atoms with E-state index in [2.05, 4.69) is 4.98 Å². The maximum Gasteiger partial charge on any atom is 0.267 e. The maximum atomic E-state index is 11.0. The number of hydrogen-bond donors (Lipinski definition) is 2. The van der Waals surface area contributed by atoms with Gasteiger partial charge in [0, 0.05) is 13.1 Å². The van der Waals surface area contributed by atoms with Crippen LogP contribution in [0.4, 0.5) is 11.5 Å². The Hall–Kier alpha value is -1.78. The van der Waals surface area contributed by atoms with Gasteiger partial charge >= 0.3 is 0 Å². The lowest BCUT2D eigenvalue weighted by atomic mass is 10.3. The van der Waals surface area contributed by atoms with Crippen LogP contribution in [0.15, 0.2) is 12.1 Å². The topological polar surface area (TPSA) is 85.2 Å². The van der Waals surface area contributed by atoms with Gasteiger partial charge in [0.15, 0.2) is 5.82 Å². The van der Waals surface area contributed by atoms with Crippen molar-refractivity contribution in [3.05, 3.63) is 17.8 Å². The van der Waals surface area contributed by atoms with Gasteiger partial charge in [-0.05, 0) is 26.0 Å². The van der Waals surface area contributed by atoms with Gasteiger partial charge in [0.25, 0.3) is 5.91 Å². The Kier molecular flexibility index (Phi) is 3.49. The molecule has 1 aromatic heterocycles. The van der Waals surface area contributed by atoms with Gasteiger partial charge in [0.1, 0.15) is 5.69 Å². The van der Waals surface area contributed by atoms with E-state index >= 15 is 0 Å². The first kappa shape index (κ1) is 11.3. The van der Waals surface area contributed by atoms with Gasteiger partial charge in [-0.3, -0.25) is 4.79 Å². The molecule has 15 heavy (non-hydrogen) atoms. The summed E-state index contributed by atoms with van der Waals surface area (Å²) >= 11 is 0. The van der Waals surface area contributed by atoms with Crippen molar-refractivity contribution in [2.75, 3.05) is 23.7 Å². The smallest absolute Gasteiger partial charge is 0.267 e. The fourth-order valence-electron chi connectivity index (χ4n) is 1.37. The van der Waals surface area contributed by atoms with Gasteiger partial charge < -0.3 is 16.4 Å². The summed E-state index contributed by atoms with van der Waals surface area (Å²) in [7, 11) is 0. The molecule has 1 aromatic rings. The molecule has 0 aliphatic heterocycles. The number of nitrogen functional groups attached to an aromatic ring is 1. The van der Waals surface area contributed by atoms with E-state index in [-0.39, 0.29) is 5.69 Å². The normalized spacial score (nSPS) is 10.0. The molecule has 1 heterocycles. The number of amides is 1. The fraction of sp³-hybridized carbons (Fsp3) is 0.400. The summed E-state index contributed by atoms with van der Waals surface area (Å²) in [4.78, 5) is 17.1. The summed E-state index contributed by atoms with van der Waals surface area (Å²) in [5, 5.41) is 0. The minimum atomic E-state index is -0.539. The van der Waals surface area contributed by atoms with Crippen molar-refractivity contribution in [2.45, 2.75) is 13.8 Å². The molecule has 0 bridgehead atoms. The third kappa shape index (κ3) is 2.37. The van der Waals surface area contributed by atoms with Crippen LogP contribution in [0, 0.1) is 0 Å². The van der Waals surface area contributed by atoms with E-state index in [1.54, 1.807) is 6.07 Å². The van der Waals surface area contributed by atoms with E-state index < -0.39 is 5.91 Å². The van der Waals surface area contributed by atoms with Crippen molar-refractivity contribution < 1.29 is 4.79 Å². The number of nitrogens with two attached hydrogens (primary N) is 2. The maximum absolute atomic E-state index is 11.0. The molecule has 5 heteroatoms. The number of nitrogens with zero attached hydrogens (tertiary/aromatic N) is 2. The Labute approximate surface area is 89.1 Å². The monoisotopic (exact) mass is 208 g/mol. The molecular weight excluding hydrogens is 192 g/mol. The third-order valence-electron chi connectivity index (χ3n) is 2.22. The van der Waals surface area contributed by atoms with Crippen LogP contribution in [0.5, 0.6) is 0 Å². The number of rotatable bonds is 4. The van der Waals surface area contributed by atoms with Crippen LogP contribution in [0.25, 0.3) is 0 Å². The van der Waals surface area contributed by atoms with Crippen LogP contribution in [0.1, 0.15) is 24.3 Å². The Bertz CT molecular complexity index is 360. The first-order valence-electron chi connectivity index (χ1n) is 4.91. The lowest BCUT2D eigenvalue weighted by Gasteiger charge is -2.21. The van der Waals surface area contributed by atoms with E-state index in [9.17, 15) is 4.79 Å². The number of carbonyl (C=O) groups is 1. The zero-order valence-electron chi connectivity index (χ0n) is 9.03. The SMILES string of the molecule is CCN(CC)c1nc(C(N)=O)ccc1N. The Morgan fingerprint density at radius 2 is 2.00 bits per heavy atom. The molecule has 1 amide bonds. The number of carbonyl (C=O) groups excluding carboxylic acids is 1. The Morgan fingerprint density at radius 1 is 1.40 bits per heavy atom. The van der Waals surface area contributed by atoms with Gasteiger partial charge in [-0.1, -0.05) is 0 Å². The molecule has 0 fully saturated rings. The standard InChI is InChI=1S/C10H16N4O/c1-3-14(4-2)10-7(11)5-6-8(13-10)9(12)15/h5-6H,3-4,11H2,1-2H3,(H2,12,15). The predicted octanol–water partition coefficient (Wildman–Crippen LogP) is 0.609. The summed E-state index contributed by atoms with van der Waals surface area (Å²) in [6.45, 7) is 5.58. The summed E-state index contributed by atoms with van der Waals surface area (Å²) in [6.07, 6.45) is 0. The Balaban J connectivity index is 3.15. The van der Waals surface area contributed by atoms with Crippen molar-refractivity contribution in [2.24, 2.45) is 5.73 Å². The quantitative estimate of drug-likeness (QED) is 0.759. The van der Waals surface area contributed by atoms with E-state index in [4.69, 9.17) is 11.5 Å². The summed E-state index contributed by atoms with van der Waals surface area (Å²) in [5.41, 5.74) is 11.7. The zero-order chi connectivity index (χ0) is 11.4. The van der Waals surface area contributed by atoms with Gasteiger partial charge in [-0.15, -0.1) is 0 Å². The number of aromatic nitrogens is 1. The fourth-order valence-corrected chi connectivity index (χ4v) is 1.37. The van der Waals surface area contributed by atoms with E-state index in [1.807, 2.05) is 18.7 Å². The highest BCUT2D eigenvalue weighted by Gasteiger charge is 2.11. The largest absolute Gasteiger partial charge is 0.396 e. The molecule has 4 N–H and O–H groups in total. The second-order valence-electron chi connectivity index (χ2n) is 3.15. The number of hydrogen-bond acceptors (Lipinski definition) is 4. The number of anilines is 2. The Morgan fingerprint density at radius 3 is 2.47 bits per heavy atom. The second-order valence-corrected chi connectivity index (χ2v) is 3.15. The molecule has 5 nitrogen and oxygen atoms in total. The van der Waals surface area contributed by atoms with Crippen LogP contribution < -0.4 is 16.4 Å². The summed E-state index contributed by atoms with van der Waals surface area (Å²) in [5.74, 6) is 0.0831. The molecule has 0 aliphatic rings. The lowest BCUT2D eigenvalue weighted by Crippen LogP contribution is -2.25. The van der Waals surface area contributed by atoms with Gasteiger partial charge in [0.2, 0.25) is 0 Å². The van der Waals surface area contributed by atoms with Crippen molar-refractivity contribution in [3.8, 4) is 0 Å². The molecule has 0 aromatic carbocycles. The summed E-state index contributed by atoms with van der Waals surface area (Å²) in [6, 6.07) is 3.19. The predicted molar refractivity (Wildman–Crippen MR) is 60.7 cm³/mol. The third-order valence-corrected chi connectivity index (χ3v) is 2.22. The van der Waals surface area contributed by atoms with Gasteiger partial charge in [-0.25, -0.2) is 4.98 Å². The van der Waals surface area contributed by atoms with Crippen LogP contribution in [0.3, 0.4) is 0 Å². The minimum absolute atomic E-state index is 0.242. The highest BCUT2D eigenvalue weighted by Crippen LogP contribution is 2.20. The first-order chi connectivity index (χ1) is 7.10. The molecule has 0 radical (unpaired) electrons. The molecule has 0 unspecified atom stereocenters. The van der Waals surface area contributed by atoms with Gasteiger partial charge in [0.05, 0.1) is 5.69 Å². The molecular formula is C10H16N4O. The van der Waals surface area contributed by atoms with Crippen LogP contribution >= 0.6 is 0 Å². The average Bonchev–Trinajstić information content (AvgIpc) is 2.22. The first-order valence-corrected chi connectivity index (χ1v) is 4.91. The highest BCUT2D eigenvalue weighted by atomic mass is 16.1. The molecule has 0 atom stereocenters. The van der Waals surface area contributed by atoms with Crippen molar-refractivity contribution >= 4 is 17.4 Å². The van der Waals surface area contributed by atoms with Crippen molar-refractivity contribution in [3.63, 3.8) is 0 Å². The molecule has 82 valence electrons. The van der Waals surface area contributed by atoms with E-state index in [0.717, 1.165) is 13.1 Å². The molecule has 0 saturated carbocycles. The van der Waals surface area contributed by atoms with Crippen LogP contribution in [0.2, 0.25) is 0 Å². The summed E-state index contributed by atoms with van der Waals surface area (Å²) < 4.78 is 0. The highest BCUT2D eigenvalue weighted by molar-refractivity contribution is 5.91. The van der Waals surface area contributed by atoms with Crippen LogP contribution in [-0.4, -0.2) is 24.0 Å².